The summed E-state index contributed by atoms with van der Waals surface area (Å²) in [5.41, 5.74) is 1.05. The fraction of sp³-hybridized carbons (Fsp3) is 0.333. The van der Waals surface area contributed by atoms with Gasteiger partial charge in [-0.2, -0.15) is 13.2 Å². The predicted octanol–water partition coefficient (Wildman–Crippen LogP) is 8.04. The number of carboxylic acids is 1. The van der Waals surface area contributed by atoms with Crippen molar-refractivity contribution in [2.75, 3.05) is 5.32 Å². The molecule has 0 saturated heterocycles. The lowest BCUT2D eigenvalue weighted by Gasteiger charge is -2.26. The summed E-state index contributed by atoms with van der Waals surface area (Å²) in [6.07, 6.45) is -2.89. The fourth-order valence-electron chi connectivity index (χ4n) is 4.61. The summed E-state index contributed by atoms with van der Waals surface area (Å²) in [7, 11) is 0. The summed E-state index contributed by atoms with van der Waals surface area (Å²) >= 11 is 12.3. The Morgan fingerprint density at radius 3 is 2.28 bits per heavy atom. The van der Waals surface area contributed by atoms with E-state index >= 15 is 0 Å². The Morgan fingerprint density at radius 1 is 1.00 bits per heavy atom. The van der Waals surface area contributed by atoms with Gasteiger partial charge >= 0.3 is 12.1 Å². The Labute approximate surface area is 216 Å². The molecule has 3 atom stereocenters. The third-order valence-corrected chi connectivity index (χ3v) is 7.31. The molecule has 0 aliphatic heterocycles. The van der Waals surface area contributed by atoms with Gasteiger partial charge in [0.25, 0.3) is 0 Å². The van der Waals surface area contributed by atoms with Crippen LogP contribution in [0.2, 0.25) is 10.0 Å². The highest BCUT2D eigenvalue weighted by molar-refractivity contribution is 6.33. The SMILES string of the molecule is C[C@H]([C@@H](C(=O)Nc1cc([C@@H](CC(=O)O)C2CC2)ccc1Cl)c1ccc2cc(Cl)ccc2c1)C(F)(F)F. The van der Waals surface area contributed by atoms with Gasteiger partial charge in [-0.15, -0.1) is 0 Å². The number of carbonyl (C=O) groups is 2. The van der Waals surface area contributed by atoms with Gasteiger partial charge in [-0.3, -0.25) is 9.59 Å². The maximum atomic E-state index is 13.8. The molecule has 2 N–H and O–H groups in total. The number of carbonyl (C=O) groups excluding carboxylic acids is 1. The molecule has 1 saturated carbocycles. The second-order valence-electron chi connectivity index (χ2n) is 9.33. The van der Waals surface area contributed by atoms with Crippen molar-refractivity contribution >= 4 is 51.5 Å². The Hall–Kier alpha value is -2.77. The van der Waals surface area contributed by atoms with Crippen molar-refractivity contribution < 1.29 is 27.9 Å². The van der Waals surface area contributed by atoms with E-state index in [4.69, 9.17) is 23.2 Å². The minimum atomic E-state index is -4.62. The third kappa shape index (κ3) is 5.95. The van der Waals surface area contributed by atoms with Crippen molar-refractivity contribution in [2.45, 2.75) is 44.2 Å². The normalized spacial score (nSPS) is 16.4. The van der Waals surface area contributed by atoms with E-state index in [0.717, 1.165) is 25.2 Å². The van der Waals surface area contributed by atoms with Crippen LogP contribution in [0.15, 0.2) is 54.6 Å². The number of carboxylic acid groups (broad SMARTS) is 1. The maximum Gasteiger partial charge on any atom is 0.392 e. The number of rotatable bonds is 8. The van der Waals surface area contributed by atoms with E-state index in [9.17, 15) is 27.9 Å². The number of halogens is 5. The van der Waals surface area contributed by atoms with Gasteiger partial charge in [0.2, 0.25) is 5.91 Å². The van der Waals surface area contributed by atoms with Gasteiger partial charge in [-0.05, 0) is 70.8 Å². The maximum absolute atomic E-state index is 13.8. The Kier molecular flexibility index (Phi) is 7.53. The van der Waals surface area contributed by atoms with Crippen LogP contribution in [0, 0.1) is 11.8 Å². The monoisotopic (exact) mass is 537 g/mol. The minimum Gasteiger partial charge on any atom is -0.481 e. The molecular formula is C27H24Cl2F3NO3. The quantitative estimate of drug-likeness (QED) is 0.305. The van der Waals surface area contributed by atoms with E-state index in [1.54, 1.807) is 42.5 Å². The number of benzene rings is 3. The van der Waals surface area contributed by atoms with Gasteiger partial charge in [-0.1, -0.05) is 60.5 Å². The number of fused-ring (bicyclic) bond motifs is 1. The van der Waals surface area contributed by atoms with E-state index in [-0.39, 0.29) is 34.5 Å². The van der Waals surface area contributed by atoms with Crippen molar-refractivity contribution in [3.05, 3.63) is 75.8 Å². The summed E-state index contributed by atoms with van der Waals surface area (Å²) in [5.74, 6) is -5.35. The molecule has 4 nitrogen and oxygen atoms in total. The number of hydrogen-bond donors (Lipinski definition) is 2. The summed E-state index contributed by atoms with van der Waals surface area (Å²) in [6.45, 7) is 0.977. The largest absolute Gasteiger partial charge is 0.481 e. The van der Waals surface area contributed by atoms with Gasteiger partial charge in [0, 0.05) is 5.02 Å². The lowest BCUT2D eigenvalue weighted by atomic mass is 9.84. The predicted molar refractivity (Wildman–Crippen MR) is 135 cm³/mol. The van der Waals surface area contributed by atoms with Crippen LogP contribution in [0.4, 0.5) is 18.9 Å². The molecule has 0 aromatic heterocycles. The zero-order chi connectivity index (χ0) is 26.2. The lowest BCUT2D eigenvalue weighted by molar-refractivity contribution is -0.178. The highest BCUT2D eigenvalue weighted by Crippen LogP contribution is 2.46. The Morgan fingerprint density at radius 2 is 1.64 bits per heavy atom. The van der Waals surface area contributed by atoms with Gasteiger partial charge in [-0.25, -0.2) is 0 Å². The third-order valence-electron chi connectivity index (χ3n) is 6.75. The van der Waals surface area contributed by atoms with Crippen molar-refractivity contribution in [2.24, 2.45) is 11.8 Å². The molecule has 1 fully saturated rings. The molecule has 0 heterocycles. The average molecular weight is 538 g/mol. The standard InChI is InChI=1S/C27H24Cl2F3NO3/c1-14(27(30,31)32)25(19-5-4-17-11-20(28)8-6-16(17)10-19)26(36)33-23-12-18(7-9-22(23)29)21(13-24(34)35)15-2-3-15/h4-12,14-15,21,25H,2-3,13H2,1H3,(H,33,36)(H,34,35)/t14-,21+,25-/m1/s1. The van der Waals surface area contributed by atoms with E-state index in [0.29, 0.717) is 16.0 Å². The van der Waals surface area contributed by atoms with Crippen LogP contribution in [0.25, 0.3) is 10.8 Å². The van der Waals surface area contributed by atoms with Crippen LogP contribution < -0.4 is 5.32 Å². The van der Waals surface area contributed by atoms with Crippen molar-refractivity contribution in [3.8, 4) is 0 Å². The van der Waals surface area contributed by atoms with Crippen LogP contribution in [0.5, 0.6) is 0 Å². The number of aliphatic carboxylic acids is 1. The van der Waals surface area contributed by atoms with Crippen LogP contribution in [0.3, 0.4) is 0 Å². The first-order valence-electron chi connectivity index (χ1n) is 11.5. The molecule has 1 amide bonds. The van der Waals surface area contributed by atoms with Gasteiger partial charge in [0.15, 0.2) is 0 Å². The number of anilines is 1. The molecule has 0 unspecified atom stereocenters. The highest BCUT2D eigenvalue weighted by Gasteiger charge is 2.45. The molecule has 9 heteroatoms. The number of alkyl halides is 3. The zero-order valence-electron chi connectivity index (χ0n) is 19.3. The molecule has 1 aliphatic rings. The number of amides is 1. The summed E-state index contributed by atoms with van der Waals surface area (Å²) in [6, 6.07) is 14.5. The van der Waals surface area contributed by atoms with Crippen molar-refractivity contribution in [3.63, 3.8) is 0 Å². The molecule has 0 radical (unpaired) electrons. The molecule has 0 bridgehead atoms. The van der Waals surface area contributed by atoms with Gasteiger partial charge in [0.1, 0.15) is 0 Å². The van der Waals surface area contributed by atoms with Crippen molar-refractivity contribution in [1.82, 2.24) is 0 Å². The lowest BCUT2D eigenvalue weighted by Crippen LogP contribution is -2.34. The molecule has 0 spiro atoms. The number of nitrogens with one attached hydrogen (secondary N) is 1. The Bertz CT molecular complexity index is 1310. The van der Waals surface area contributed by atoms with Gasteiger partial charge < -0.3 is 10.4 Å². The van der Waals surface area contributed by atoms with E-state index < -0.39 is 29.9 Å². The summed E-state index contributed by atoms with van der Waals surface area (Å²) < 4.78 is 41.5. The second kappa shape index (κ2) is 10.3. The highest BCUT2D eigenvalue weighted by atomic mass is 35.5. The molecule has 4 rings (SSSR count). The molecule has 3 aromatic rings. The second-order valence-corrected chi connectivity index (χ2v) is 10.2. The first-order valence-corrected chi connectivity index (χ1v) is 12.3. The molecular weight excluding hydrogens is 514 g/mol. The molecule has 36 heavy (non-hydrogen) atoms. The average Bonchev–Trinajstić information content (AvgIpc) is 3.64. The molecule has 1 aliphatic carbocycles. The first kappa shape index (κ1) is 26.3. The van der Waals surface area contributed by atoms with Crippen LogP contribution in [-0.4, -0.2) is 23.2 Å². The summed E-state index contributed by atoms with van der Waals surface area (Å²) in [4.78, 5) is 24.7. The number of hydrogen-bond acceptors (Lipinski definition) is 2. The van der Waals surface area contributed by atoms with E-state index in [1.165, 1.54) is 12.1 Å². The first-order chi connectivity index (χ1) is 16.9. The minimum absolute atomic E-state index is 0.0749. The van der Waals surface area contributed by atoms with Crippen LogP contribution in [-0.2, 0) is 9.59 Å². The van der Waals surface area contributed by atoms with E-state index in [2.05, 4.69) is 5.32 Å². The van der Waals surface area contributed by atoms with Crippen LogP contribution in [0.1, 0.15) is 49.1 Å². The fourth-order valence-corrected chi connectivity index (χ4v) is 4.95. The van der Waals surface area contributed by atoms with Crippen LogP contribution >= 0.6 is 23.2 Å². The Balaban J connectivity index is 1.68. The van der Waals surface area contributed by atoms with E-state index in [1.807, 2.05) is 0 Å². The molecule has 3 aromatic carbocycles. The molecule has 190 valence electrons. The van der Waals surface area contributed by atoms with Crippen molar-refractivity contribution in [1.29, 1.82) is 0 Å². The zero-order valence-corrected chi connectivity index (χ0v) is 20.8. The topological polar surface area (TPSA) is 66.4 Å². The smallest absolute Gasteiger partial charge is 0.392 e. The summed E-state index contributed by atoms with van der Waals surface area (Å²) in [5, 5.41) is 13.9. The van der Waals surface area contributed by atoms with Gasteiger partial charge in [0.05, 0.1) is 29.0 Å².